The largest absolute Gasteiger partial charge is 0.352 e. The Morgan fingerprint density at radius 2 is 2.00 bits per heavy atom. The lowest BCUT2D eigenvalue weighted by Crippen LogP contribution is -2.40. The number of hydrogen-bond acceptors (Lipinski definition) is 2. The molecule has 0 aromatic heterocycles. The number of hydrogen-bond donors (Lipinski definition) is 2. The van der Waals surface area contributed by atoms with Gasteiger partial charge in [-0.2, -0.15) is 0 Å². The first-order valence-electron chi connectivity index (χ1n) is 6.31. The molecule has 0 aliphatic carbocycles. The molecule has 3 N–H and O–H groups in total. The minimum atomic E-state index is 0.0720. The average molecular weight is 313 g/mol. The molecule has 0 saturated carbocycles. The van der Waals surface area contributed by atoms with Crippen LogP contribution in [-0.4, -0.2) is 18.5 Å². The third-order valence-corrected chi connectivity index (χ3v) is 3.60. The molecule has 1 aromatic rings. The molecule has 1 amide bonds. The van der Waals surface area contributed by atoms with Crippen molar-refractivity contribution in [1.82, 2.24) is 5.32 Å². The Balaban J connectivity index is 2.51. The maximum Gasteiger partial charge on any atom is 0.220 e. The van der Waals surface area contributed by atoms with Gasteiger partial charge in [-0.3, -0.25) is 4.79 Å². The number of carbonyl (C=O) groups excluding carboxylic acids is 1. The molecule has 18 heavy (non-hydrogen) atoms. The zero-order valence-corrected chi connectivity index (χ0v) is 12.5. The molecule has 3 nitrogen and oxygen atoms in total. The van der Waals surface area contributed by atoms with Gasteiger partial charge in [0.05, 0.1) is 0 Å². The number of benzene rings is 1. The van der Waals surface area contributed by atoms with Gasteiger partial charge in [0.2, 0.25) is 5.91 Å². The summed E-state index contributed by atoms with van der Waals surface area (Å²) >= 11 is 3.40. The summed E-state index contributed by atoms with van der Waals surface area (Å²) in [6, 6.07) is 8.18. The number of rotatable bonds is 6. The second-order valence-electron chi connectivity index (χ2n) is 4.57. The summed E-state index contributed by atoms with van der Waals surface area (Å²) in [5, 5.41) is 2.96. The first-order chi connectivity index (χ1) is 8.56. The van der Waals surface area contributed by atoms with Gasteiger partial charge >= 0.3 is 0 Å². The van der Waals surface area contributed by atoms with Crippen LogP contribution in [0.3, 0.4) is 0 Å². The highest BCUT2D eigenvalue weighted by molar-refractivity contribution is 9.10. The van der Waals surface area contributed by atoms with Crippen LogP contribution in [0, 0.1) is 0 Å². The van der Waals surface area contributed by atoms with E-state index in [1.54, 1.807) is 0 Å². The monoisotopic (exact) mass is 312 g/mol. The molecule has 2 unspecified atom stereocenters. The first kappa shape index (κ1) is 15.2. The Hall–Kier alpha value is -0.870. The van der Waals surface area contributed by atoms with E-state index in [1.807, 2.05) is 31.2 Å². The van der Waals surface area contributed by atoms with Crippen LogP contribution in [0.15, 0.2) is 28.7 Å². The van der Waals surface area contributed by atoms with Crippen molar-refractivity contribution in [3.63, 3.8) is 0 Å². The minimum Gasteiger partial charge on any atom is -0.352 e. The quantitative estimate of drug-likeness (QED) is 0.848. The number of amides is 1. The van der Waals surface area contributed by atoms with E-state index in [2.05, 4.69) is 28.2 Å². The van der Waals surface area contributed by atoms with Gasteiger partial charge in [0.1, 0.15) is 0 Å². The molecule has 0 aliphatic heterocycles. The topological polar surface area (TPSA) is 55.1 Å². The third kappa shape index (κ3) is 4.78. The number of nitrogens with two attached hydrogens (primary N) is 1. The van der Waals surface area contributed by atoms with Gasteiger partial charge in [-0.1, -0.05) is 41.9 Å². The molecule has 0 radical (unpaired) electrons. The predicted molar refractivity (Wildman–Crippen MR) is 78.5 cm³/mol. The normalized spacial score (nSPS) is 14.0. The number of carbonyl (C=O) groups is 1. The van der Waals surface area contributed by atoms with Gasteiger partial charge in [0.25, 0.3) is 0 Å². The van der Waals surface area contributed by atoms with Crippen LogP contribution >= 0.6 is 15.9 Å². The standard InChI is InChI=1S/C14H21BrN2O/c1-3-13(9-16)17-14(18)8-10(2)11-4-6-12(15)7-5-11/h4-7,10,13H,3,8-9,16H2,1-2H3,(H,17,18). The Kier molecular flexibility index (Phi) is 6.36. The Labute approximate surface area is 117 Å². The van der Waals surface area contributed by atoms with Crippen molar-refractivity contribution < 1.29 is 4.79 Å². The van der Waals surface area contributed by atoms with E-state index in [0.717, 1.165) is 10.9 Å². The van der Waals surface area contributed by atoms with Crippen molar-refractivity contribution in [2.24, 2.45) is 5.73 Å². The summed E-state index contributed by atoms with van der Waals surface area (Å²) < 4.78 is 1.05. The van der Waals surface area contributed by atoms with Crippen molar-refractivity contribution in [3.8, 4) is 0 Å². The maximum atomic E-state index is 11.8. The fourth-order valence-corrected chi connectivity index (χ4v) is 2.07. The fraction of sp³-hybridized carbons (Fsp3) is 0.500. The van der Waals surface area contributed by atoms with Crippen molar-refractivity contribution in [1.29, 1.82) is 0 Å². The molecule has 2 atom stereocenters. The van der Waals surface area contributed by atoms with E-state index in [9.17, 15) is 4.79 Å². The number of nitrogens with one attached hydrogen (secondary N) is 1. The predicted octanol–water partition coefficient (Wildman–Crippen LogP) is 2.80. The highest BCUT2D eigenvalue weighted by Crippen LogP contribution is 2.21. The van der Waals surface area contributed by atoms with Crippen molar-refractivity contribution in [3.05, 3.63) is 34.3 Å². The fourth-order valence-electron chi connectivity index (χ4n) is 1.80. The lowest BCUT2D eigenvalue weighted by Gasteiger charge is -2.17. The van der Waals surface area contributed by atoms with E-state index in [1.165, 1.54) is 5.56 Å². The Morgan fingerprint density at radius 1 is 1.39 bits per heavy atom. The van der Waals surface area contributed by atoms with E-state index in [4.69, 9.17) is 5.73 Å². The summed E-state index contributed by atoms with van der Waals surface area (Å²) in [7, 11) is 0. The summed E-state index contributed by atoms with van der Waals surface area (Å²) in [5.41, 5.74) is 6.75. The van der Waals surface area contributed by atoms with Crippen molar-refractivity contribution in [2.75, 3.05) is 6.54 Å². The summed E-state index contributed by atoms with van der Waals surface area (Å²) in [4.78, 5) is 11.8. The molecule has 1 aromatic carbocycles. The minimum absolute atomic E-state index is 0.0720. The van der Waals surface area contributed by atoms with Crippen LogP contribution < -0.4 is 11.1 Å². The molecule has 100 valence electrons. The molecule has 0 saturated heterocycles. The van der Waals surface area contributed by atoms with Crippen LogP contribution in [0.4, 0.5) is 0 Å². The SMILES string of the molecule is CCC(CN)NC(=O)CC(C)c1ccc(Br)cc1. The molecule has 0 bridgehead atoms. The van der Waals surface area contributed by atoms with Crippen molar-refractivity contribution in [2.45, 2.75) is 38.6 Å². The van der Waals surface area contributed by atoms with Gasteiger partial charge in [0, 0.05) is 23.5 Å². The Bertz CT molecular complexity index is 374. The van der Waals surface area contributed by atoms with Crippen LogP contribution in [0.25, 0.3) is 0 Å². The van der Waals surface area contributed by atoms with Gasteiger partial charge in [-0.05, 0) is 30.0 Å². The van der Waals surface area contributed by atoms with Crippen LogP contribution in [0.5, 0.6) is 0 Å². The maximum absolute atomic E-state index is 11.8. The second kappa shape index (κ2) is 7.54. The lowest BCUT2D eigenvalue weighted by molar-refractivity contribution is -0.122. The molecule has 0 aliphatic rings. The zero-order valence-electron chi connectivity index (χ0n) is 10.9. The molecule has 0 spiro atoms. The van der Waals surface area contributed by atoms with Crippen LogP contribution in [0.2, 0.25) is 0 Å². The molecular weight excluding hydrogens is 292 g/mol. The van der Waals surface area contributed by atoms with Crippen LogP contribution in [-0.2, 0) is 4.79 Å². The van der Waals surface area contributed by atoms with E-state index in [0.29, 0.717) is 13.0 Å². The molecule has 4 heteroatoms. The van der Waals surface area contributed by atoms with E-state index >= 15 is 0 Å². The average Bonchev–Trinajstić information content (AvgIpc) is 2.36. The van der Waals surface area contributed by atoms with Gasteiger partial charge in [-0.25, -0.2) is 0 Å². The van der Waals surface area contributed by atoms with Crippen LogP contribution in [0.1, 0.15) is 38.2 Å². The van der Waals surface area contributed by atoms with Gasteiger partial charge in [-0.15, -0.1) is 0 Å². The summed E-state index contributed by atoms with van der Waals surface area (Å²) in [6.07, 6.45) is 1.37. The molecule has 0 heterocycles. The molecular formula is C14H21BrN2O. The third-order valence-electron chi connectivity index (χ3n) is 3.07. The lowest BCUT2D eigenvalue weighted by atomic mass is 9.97. The Morgan fingerprint density at radius 3 is 2.50 bits per heavy atom. The molecule has 1 rings (SSSR count). The first-order valence-corrected chi connectivity index (χ1v) is 7.11. The second-order valence-corrected chi connectivity index (χ2v) is 5.48. The van der Waals surface area contributed by atoms with E-state index in [-0.39, 0.29) is 17.9 Å². The number of halogens is 1. The summed E-state index contributed by atoms with van der Waals surface area (Å²) in [6.45, 7) is 4.58. The van der Waals surface area contributed by atoms with Gasteiger partial charge in [0.15, 0.2) is 0 Å². The van der Waals surface area contributed by atoms with Gasteiger partial charge < -0.3 is 11.1 Å². The highest BCUT2D eigenvalue weighted by atomic mass is 79.9. The smallest absolute Gasteiger partial charge is 0.220 e. The van der Waals surface area contributed by atoms with Crippen molar-refractivity contribution >= 4 is 21.8 Å². The highest BCUT2D eigenvalue weighted by Gasteiger charge is 2.13. The summed E-state index contributed by atoms with van der Waals surface area (Å²) in [5.74, 6) is 0.288. The van der Waals surface area contributed by atoms with E-state index < -0.39 is 0 Å². The zero-order chi connectivity index (χ0) is 13.5. The molecule has 0 fully saturated rings.